The molecular weight excluding hydrogens is 288 g/mol. The Morgan fingerprint density at radius 1 is 1.17 bits per heavy atom. The van der Waals surface area contributed by atoms with Crippen LogP contribution in [0.5, 0.6) is 0 Å². The van der Waals surface area contributed by atoms with Gasteiger partial charge in [-0.3, -0.25) is 4.90 Å². The Kier molecular flexibility index (Phi) is 5.13. The average Bonchev–Trinajstić information content (AvgIpc) is 2.96. The minimum absolute atomic E-state index is 0.333. The fraction of sp³-hybridized carbons (Fsp3) is 0.526. The van der Waals surface area contributed by atoms with Gasteiger partial charge >= 0.3 is 0 Å². The van der Waals surface area contributed by atoms with E-state index in [2.05, 4.69) is 11.9 Å². The summed E-state index contributed by atoms with van der Waals surface area (Å²) in [6, 6.07) is 10.6. The van der Waals surface area contributed by atoms with Gasteiger partial charge in [-0.25, -0.2) is 4.98 Å². The zero-order chi connectivity index (χ0) is 16.2. The molecule has 1 fully saturated rings. The van der Waals surface area contributed by atoms with E-state index in [-0.39, 0.29) is 0 Å². The lowest BCUT2D eigenvalue weighted by Gasteiger charge is -2.33. The molecule has 4 heteroatoms. The first-order valence-electron chi connectivity index (χ1n) is 8.50. The number of aliphatic hydroxyl groups is 1. The van der Waals surface area contributed by atoms with E-state index < -0.39 is 0 Å². The van der Waals surface area contributed by atoms with Crippen LogP contribution >= 0.6 is 0 Å². The van der Waals surface area contributed by atoms with Crippen molar-refractivity contribution in [2.24, 2.45) is 5.92 Å². The molecule has 0 amide bonds. The first kappa shape index (κ1) is 16.2. The van der Waals surface area contributed by atoms with Gasteiger partial charge in [-0.05, 0) is 57.7 Å². The van der Waals surface area contributed by atoms with Gasteiger partial charge < -0.3 is 9.52 Å². The van der Waals surface area contributed by atoms with E-state index in [0.717, 1.165) is 49.2 Å². The van der Waals surface area contributed by atoms with Gasteiger partial charge in [-0.1, -0.05) is 18.2 Å². The molecule has 4 nitrogen and oxygen atoms in total. The highest BCUT2D eigenvalue weighted by Crippen LogP contribution is 2.28. The molecule has 0 atom stereocenters. The Morgan fingerprint density at radius 2 is 1.87 bits per heavy atom. The molecule has 1 N–H and O–H groups in total. The molecule has 1 aromatic heterocycles. The van der Waals surface area contributed by atoms with Crippen LogP contribution in [0.25, 0.3) is 11.5 Å². The molecule has 1 heterocycles. The standard InChI is InChI=1S/C19H26N2O2/c1-14-18(20-19(23-14)16-6-4-3-5-7-16)12-21(2)17-10-8-15(13-22)9-11-17/h3-7,15,17,22H,8-13H2,1-2H3. The van der Waals surface area contributed by atoms with Crippen LogP contribution in [0.3, 0.4) is 0 Å². The summed E-state index contributed by atoms with van der Waals surface area (Å²) in [4.78, 5) is 7.08. The maximum atomic E-state index is 9.26. The highest BCUT2D eigenvalue weighted by molar-refractivity contribution is 5.53. The van der Waals surface area contributed by atoms with Crippen LogP contribution in [0.15, 0.2) is 34.7 Å². The van der Waals surface area contributed by atoms with Crippen LogP contribution in [0.4, 0.5) is 0 Å². The summed E-state index contributed by atoms with van der Waals surface area (Å²) < 4.78 is 5.85. The molecule has 1 aliphatic carbocycles. The van der Waals surface area contributed by atoms with Gasteiger partial charge in [0.25, 0.3) is 0 Å². The number of aromatic nitrogens is 1. The topological polar surface area (TPSA) is 49.5 Å². The van der Waals surface area contributed by atoms with Gasteiger partial charge in [-0.2, -0.15) is 0 Å². The van der Waals surface area contributed by atoms with Gasteiger partial charge in [-0.15, -0.1) is 0 Å². The van der Waals surface area contributed by atoms with E-state index in [4.69, 9.17) is 9.40 Å². The molecule has 124 valence electrons. The maximum absolute atomic E-state index is 9.26. The smallest absolute Gasteiger partial charge is 0.226 e. The van der Waals surface area contributed by atoms with Crippen LogP contribution in [0.2, 0.25) is 0 Å². The van der Waals surface area contributed by atoms with Crippen LogP contribution in [-0.4, -0.2) is 34.7 Å². The first-order valence-corrected chi connectivity index (χ1v) is 8.50. The number of hydrogen-bond acceptors (Lipinski definition) is 4. The zero-order valence-corrected chi connectivity index (χ0v) is 14.0. The molecular formula is C19H26N2O2. The van der Waals surface area contributed by atoms with Crippen molar-refractivity contribution in [1.29, 1.82) is 0 Å². The number of hydrogen-bond donors (Lipinski definition) is 1. The predicted octanol–water partition coefficient (Wildman–Crippen LogP) is 3.63. The monoisotopic (exact) mass is 314 g/mol. The normalized spacial score (nSPS) is 21.7. The summed E-state index contributed by atoms with van der Waals surface area (Å²) in [5.74, 6) is 2.10. The van der Waals surface area contributed by atoms with Crippen molar-refractivity contribution in [3.8, 4) is 11.5 Å². The van der Waals surface area contributed by atoms with Crippen molar-refractivity contribution in [1.82, 2.24) is 9.88 Å². The summed E-state index contributed by atoms with van der Waals surface area (Å²) in [5.41, 5.74) is 2.04. The molecule has 0 spiro atoms. The molecule has 0 bridgehead atoms. The summed E-state index contributed by atoms with van der Waals surface area (Å²) in [5, 5.41) is 9.26. The van der Waals surface area contributed by atoms with E-state index in [0.29, 0.717) is 24.5 Å². The molecule has 0 saturated heterocycles. The van der Waals surface area contributed by atoms with Crippen molar-refractivity contribution < 1.29 is 9.52 Å². The van der Waals surface area contributed by atoms with Crippen LogP contribution in [0, 0.1) is 12.8 Å². The molecule has 1 aromatic carbocycles. The molecule has 23 heavy (non-hydrogen) atoms. The molecule has 0 aliphatic heterocycles. The fourth-order valence-electron chi connectivity index (χ4n) is 3.41. The van der Waals surface area contributed by atoms with E-state index in [1.165, 1.54) is 0 Å². The second-order valence-corrected chi connectivity index (χ2v) is 6.66. The number of aliphatic hydroxyl groups excluding tert-OH is 1. The van der Waals surface area contributed by atoms with Gasteiger partial charge in [0, 0.05) is 24.8 Å². The quantitative estimate of drug-likeness (QED) is 0.915. The molecule has 0 unspecified atom stereocenters. The van der Waals surface area contributed by atoms with Crippen molar-refractivity contribution in [3.05, 3.63) is 41.8 Å². The lowest BCUT2D eigenvalue weighted by atomic mass is 9.86. The van der Waals surface area contributed by atoms with Crippen molar-refractivity contribution in [2.45, 2.75) is 45.2 Å². The Labute approximate surface area is 138 Å². The van der Waals surface area contributed by atoms with Crippen LogP contribution in [0.1, 0.15) is 37.1 Å². The third-order valence-electron chi connectivity index (χ3n) is 5.01. The summed E-state index contributed by atoms with van der Waals surface area (Å²) in [7, 11) is 2.17. The Morgan fingerprint density at radius 3 is 2.52 bits per heavy atom. The van der Waals surface area contributed by atoms with Gasteiger partial charge in [0.05, 0.1) is 5.69 Å². The van der Waals surface area contributed by atoms with Crippen molar-refractivity contribution >= 4 is 0 Å². The maximum Gasteiger partial charge on any atom is 0.226 e. The third kappa shape index (κ3) is 3.82. The molecule has 0 radical (unpaired) electrons. The molecule has 1 saturated carbocycles. The lowest BCUT2D eigenvalue weighted by Crippen LogP contribution is -2.35. The first-order chi connectivity index (χ1) is 11.2. The average molecular weight is 314 g/mol. The van der Waals surface area contributed by atoms with E-state index in [9.17, 15) is 5.11 Å². The number of rotatable bonds is 5. The Balaban J connectivity index is 1.65. The van der Waals surface area contributed by atoms with E-state index in [1.807, 2.05) is 37.3 Å². The lowest BCUT2D eigenvalue weighted by molar-refractivity contribution is 0.123. The summed E-state index contributed by atoms with van der Waals surface area (Å²) in [6.07, 6.45) is 4.56. The molecule has 1 aliphatic rings. The van der Waals surface area contributed by atoms with E-state index in [1.54, 1.807) is 0 Å². The number of nitrogens with zero attached hydrogens (tertiary/aromatic N) is 2. The Bertz CT molecular complexity index is 616. The largest absolute Gasteiger partial charge is 0.441 e. The highest BCUT2D eigenvalue weighted by Gasteiger charge is 2.24. The minimum atomic E-state index is 0.333. The Hall–Kier alpha value is -1.65. The number of benzene rings is 1. The van der Waals surface area contributed by atoms with Crippen molar-refractivity contribution in [3.63, 3.8) is 0 Å². The third-order valence-corrected chi connectivity index (χ3v) is 5.01. The number of aryl methyl sites for hydroxylation is 1. The summed E-state index contributed by atoms with van der Waals surface area (Å²) in [6.45, 7) is 3.14. The molecule has 2 aromatic rings. The zero-order valence-electron chi connectivity index (χ0n) is 14.0. The van der Waals surface area contributed by atoms with Gasteiger partial charge in [0.2, 0.25) is 5.89 Å². The predicted molar refractivity (Wildman–Crippen MR) is 91.0 cm³/mol. The minimum Gasteiger partial charge on any atom is -0.441 e. The van der Waals surface area contributed by atoms with Crippen LogP contribution < -0.4 is 0 Å². The van der Waals surface area contributed by atoms with Gasteiger partial charge in [0.1, 0.15) is 5.76 Å². The van der Waals surface area contributed by atoms with Gasteiger partial charge in [0.15, 0.2) is 0 Å². The van der Waals surface area contributed by atoms with E-state index >= 15 is 0 Å². The summed E-state index contributed by atoms with van der Waals surface area (Å²) >= 11 is 0. The second kappa shape index (κ2) is 7.28. The highest BCUT2D eigenvalue weighted by atomic mass is 16.4. The van der Waals surface area contributed by atoms with Crippen LogP contribution in [-0.2, 0) is 6.54 Å². The second-order valence-electron chi connectivity index (χ2n) is 6.66. The molecule has 3 rings (SSSR count). The number of oxazole rings is 1. The fourth-order valence-corrected chi connectivity index (χ4v) is 3.41. The van der Waals surface area contributed by atoms with Crippen molar-refractivity contribution in [2.75, 3.05) is 13.7 Å². The SMILES string of the molecule is Cc1oc(-c2ccccc2)nc1CN(C)C1CCC(CO)CC1.